The minimum Gasteiger partial charge on any atom is -0.490 e. The van der Waals surface area contributed by atoms with Crippen LogP contribution in [0.15, 0.2) is 71.7 Å². The van der Waals surface area contributed by atoms with Crippen LogP contribution in [0, 0.1) is 11.6 Å². The van der Waals surface area contributed by atoms with E-state index in [1.54, 1.807) is 6.07 Å². The van der Waals surface area contributed by atoms with E-state index in [1.165, 1.54) is 47.4 Å². The zero-order chi connectivity index (χ0) is 27.8. The summed E-state index contributed by atoms with van der Waals surface area (Å²) in [5.41, 5.74) is 1.46. The highest BCUT2D eigenvalue weighted by molar-refractivity contribution is 8.15. The first kappa shape index (κ1) is 28.1. The molecule has 1 aliphatic rings. The molecule has 0 aliphatic carbocycles. The lowest BCUT2D eigenvalue weighted by Crippen LogP contribution is -2.35. The summed E-state index contributed by atoms with van der Waals surface area (Å²) < 4.78 is 38.7. The molecular formula is C29H29F2N3O4S. The van der Waals surface area contributed by atoms with E-state index in [-0.39, 0.29) is 18.0 Å². The van der Waals surface area contributed by atoms with Crippen LogP contribution < -0.4 is 14.8 Å². The summed E-state index contributed by atoms with van der Waals surface area (Å²) in [6.07, 6.45) is 0.337. The number of nitrogens with zero attached hydrogens (tertiary/aromatic N) is 2. The van der Waals surface area contributed by atoms with Crippen LogP contribution in [0.25, 0.3) is 0 Å². The van der Waals surface area contributed by atoms with E-state index >= 15 is 0 Å². The quantitative estimate of drug-likeness (QED) is 0.317. The predicted octanol–water partition coefficient (Wildman–Crippen LogP) is 5.97. The maximum absolute atomic E-state index is 14.0. The van der Waals surface area contributed by atoms with Crippen molar-refractivity contribution in [3.05, 3.63) is 83.9 Å². The lowest BCUT2D eigenvalue weighted by Gasteiger charge is -2.17. The summed E-state index contributed by atoms with van der Waals surface area (Å²) in [5, 5.41) is 2.20. The van der Waals surface area contributed by atoms with Crippen LogP contribution >= 0.6 is 11.8 Å². The molecule has 2 amide bonds. The first-order valence-corrected chi connectivity index (χ1v) is 13.5. The Labute approximate surface area is 230 Å². The van der Waals surface area contributed by atoms with Crippen molar-refractivity contribution < 1.29 is 27.8 Å². The van der Waals surface area contributed by atoms with E-state index < -0.39 is 22.8 Å². The van der Waals surface area contributed by atoms with Gasteiger partial charge in [-0.1, -0.05) is 30.0 Å². The van der Waals surface area contributed by atoms with Crippen LogP contribution in [0.1, 0.15) is 25.8 Å². The first-order chi connectivity index (χ1) is 18.9. The molecule has 0 spiro atoms. The Hall–Kier alpha value is -3.92. The molecule has 7 nitrogen and oxygen atoms in total. The Bertz CT molecular complexity index is 1350. The van der Waals surface area contributed by atoms with Crippen LogP contribution in [0.2, 0.25) is 0 Å². The number of nitrogens with one attached hydrogen (secondary N) is 1. The van der Waals surface area contributed by atoms with Gasteiger partial charge in [-0.15, -0.1) is 0 Å². The molecule has 1 aliphatic heterocycles. The molecule has 3 aromatic carbocycles. The fourth-order valence-corrected chi connectivity index (χ4v) is 5.16. The Kier molecular flexibility index (Phi) is 9.54. The summed E-state index contributed by atoms with van der Waals surface area (Å²) in [6.45, 7) is 5.08. The number of para-hydroxylation sites is 1. The molecule has 0 unspecified atom stereocenters. The zero-order valence-corrected chi connectivity index (χ0v) is 22.5. The summed E-state index contributed by atoms with van der Waals surface area (Å²) in [5.74, 6) is -0.438. The van der Waals surface area contributed by atoms with E-state index in [0.717, 1.165) is 17.3 Å². The molecule has 1 fully saturated rings. The van der Waals surface area contributed by atoms with Crippen molar-refractivity contribution >= 4 is 40.1 Å². The molecule has 10 heteroatoms. The summed E-state index contributed by atoms with van der Waals surface area (Å²) in [6, 6.07) is 17.1. The van der Waals surface area contributed by atoms with Crippen molar-refractivity contribution in [3.63, 3.8) is 0 Å². The van der Waals surface area contributed by atoms with Crippen molar-refractivity contribution in [2.75, 3.05) is 25.1 Å². The molecule has 3 aromatic rings. The molecule has 4 rings (SSSR count). The maximum atomic E-state index is 14.0. The number of halogens is 2. The number of amides is 2. The largest absolute Gasteiger partial charge is 0.490 e. The molecule has 1 N–H and O–H groups in total. The Morgan fingerprint density at radius 3 is 2.44 bits per heavy atom. The van der Waals surface area contributed by atoms with Gasteiger partial charge in [-0.3, -0.25) is 14.5 Å². The maximum Gasteiger partial charge on any atom is 0.242 e. The highest BCUT2D eigenvalue weighted by atomic mass is 32.2. The van der Waals surface area contributed by atoms with Gasteiger partial charge in [-0.05, 0) is 74.4 Å². The normalized spacial score (nSPS) is 16.0. The lowest BCUT2D eigenvalue weighted by molar-refractivity contribution is -0.128. The SMILES string of the molecule is CCOc1ccc(CCN2C(=O)[C@@H](CC(=O)Nc3ccccc3F)SC2=Nc2ccc(F)cc2)cc1OCC. The molecule has 1 heterocycles. The third-order valence-electron chi connectivity index (χ3n) is 5.82. The number of ether oxygens (including phenoxy) is 2. The van der Waals surface area contributed by atoms with Gasteiger partial charge in [0.2, 0.25) is 11.8 Å². The smallest absolute Gasteiger partial charge is 0.242 e. The van der Waals surface area contributed by atoms with Gasteiger partial charge in [-0.25, -0.2) is 13.8 Å². The number of hydrogen-bond donors (Lipinski definition) is 1. The van der Waals surface area contributed by atoms with Crippen LogP contribution in [-0.2, 0) is 16.0 Å². The van der Waals surface area contributed by atoms with Crippen molar-refractivity contribution in [2.24, 2.45) is 4.99 Å². The van der Waals surface area contributed by atoms with Gasteiger partial charge in [0, 0.05) is 13.0 Å². The first-order valence-electron chi connectivity index (χ1n) is 12.6. The highest BCUT2D eigenvalue weighted by Gasteiger charge is 2.39. The average Bonchev–Trinajstić information content (AvgIpc) is 3.20. The predicted molar refractivity (Wildman–Crippen MR) is 149 cm³/mol. The molecule has 0 radical (unpaired) electrons. The molecule has 0 aromatic heterocycles. The number of amidine groups is 1. The van der Waals surface area contributed by atoms with Gasteiger partial charge in [0.25, 0.3) is 0 Å². The van der Waals surface area contributed by atoms with Crippen molar-refractivity contribution in [2.45, 2.75) is 31.9 Å². The topological polar surface area (TPSA) is 80.2 Å². The number of aliphatic imine (C=N–C) groups is 1. The van der Waals surface area contributed by atoms with E-state index in [9.17, 15) is 18.4 Å². The number of anilines is 1. The molecule has 0 bridgehead atoms. The highest BCUT2D eigenvalue weighted by Crippen LogP contribution is 2.33. The minimum atomic E-state index is -0.740. The second kappa shape index (κ2) is 13.2. The van der Waals surface area contributed by atoms with Gasteiger partial charge in [0.05, 0.1) is 24.6 Å². The van der Waals surface area contributed by atoms with E-state index in [0.29, 0.717) is 48.5 Å². The number of hydrogen-bond acceptors (Lipinski definition) is 6. The van der Waals surface area contributed by atoms with Gasteiger partial charge in [0.1, 0.15) is 16.9 Å². The Balaban J connectivity index is 1.52. The van der Waals surface area contributed by atoms with Gasteiger partial charge in [0.15, 0.2) is 16.7 Å². The van der Waals surface area contributed by atoms with Crippen molar-refractivity contribution in [1.29, 1.82) is 0 Å². The van der Waals surface area contributed by atoms with Crippen molar-refractivity contribution in [1.82, 2.24) is 4.90 Å². The molecule has 204 valence electrons. The Morgan fingerprint density at radius 2 is 1.72 bits per heavy atom. The third-order valence-corrected chi connectivity index (χ3v) is 7.00. The molecule has 1 atom stereocenters. The van der Waals surface area contributed by atoms with Crippen LogP contribution in [0.4, 0.5) is 20.2 Å². The number of thioether (sulfide) groups is 1. The fourth-order valence-electron chi connectivity index (χ4n) is 3.98. The second-order valence-corrected chi connectivity index (χ2v) is 9.77. The lowest BCUT2D eigenvalue weighted by atomic mass is 10.1. The summed E-state index contributed by atoms with van der Waals surface area (Å²) >= 11 is 1.16. The minimum absolute atomic E-state index is 0.0515. The Morgan fingerprint density at radius 1 is 1.00 bits per heavy atom. The van der Waals surface area contributed by atoms with E-state index in [4.69, 9.17) is 9.47 Å². The average molecular weight is 554 g/mol. The number of carbonyl (C=O) groups is 2. The molecule has 1 saturated heterocycles. The van der Waals surface area contributed by atoms with Crippen LogP contribution in [0.3, 0.4) is 0 Å². The van der Waals surface area contributed by atoms with Gasteiger partial charge in [-0.2, -0.15) is 0 Å². The number of rotatable bonds is 11. The van der Waals surface area contributed by atoms with Gasteiger partial charge >= 0.3 is 0 Å². The standard InChI is InChI=1S/C29H29F2N3O4S/c1-3-37-24-14-9-19(17-25(24)38-4-2)15-16-34-28(36)26(18-27(35)33-23-8-6-5-7-22(23)31)39-29(34)32-21-12-10-20(30)11-13-21/h5-14,17,26H,3-4,15-16,18H2,1-2H3,(H,33,35)/t26-/m1/s1. The van der Waals surface area contributed by atoms with Crippen LogP contribution in [-0.4, -0.2) is 46.9 Å². The van der Waals surface area contributed by atoms with E-state index in [1.807, 2.05) is 32.0 Å². The fraction of sp³-hybridized carbons (Fsp3) is 0.276. The zero-order valence-electron chi connectivity index (χ0n) is 21.7. The number of benzene rings is 3. The second-order valence-electron chi connectivity index (χ2n) is 8.60. The van der Waals surface area contributed by atoms with E-state index in [2.05, 4.69) is 10.3 Å². The van der Waals surface area contributed by atoms with Gasteiger partial charge < -0.3 is 14.8 Å². The molecule has 0 saturated carbocycles. The summed E-state index contributed by atoms with van der Waals surface area (Å²) in [7, 11) is 0. The summed E-state index contributed by atoms with van der Waals surface area (Å²) in [4.78, 5) is 32.2. The van der Waals surface area contributed by atoms with Crippen LogP contribution in [0.5, 0.6) is 11.5 Å². The van der Waals surface area contributed by atoms with Crippen molar-refractivity contribution in [3.8, 4) is 11.5 Å². The third kappa shape index (κ3) is 7.35. The molecular weight excluding hydrogens is 524 g/mol. The number of carbonyl (C=O) groups excluding carboxylic acids is 2. The monoisotopic (exact) mass is 553 g/mol. The molecule has 39 heavy (non-hydrogen) atoms.